The molecule has 0 unspecified atom stereocenters. The maximum absolute atomic E-state index is 13.2. The second-order valence-electron chi connectivity index (χ2n) is 4.25. The number of nitrogens with two attached hydrogens (primary N) is 1. The van der Waals surface area contributed by atoms with Crippen LogP contribution in [0, 0.1) is 11.7 Å². The van der Waals surface area contributed by atoms with Gasteiger partial charge in [0.15, 0.2) is 0 Å². The Kier molecular flexibility index (Phi) is 4.55. The number of benzene rings is 1. The molecule has 1 rings (SSSR count). The first-order valence-corrected chi connectivity index (χ1v) is 5.59. The third-order valence-electron chi connectivity index (χ3n) is 2.43. The van der Waals surface area contributed by atoms with Gasteiger partial charge in [0, 0.05) is 6.04 Å². The zero-order chi connectivity index (χ0) is 11.4. The summed E-state index contributed by atoms with van der Waals surface area (Å²) in [5, 5.41) is 0.148. The predicted molar refractivity (Wildman–Crippen MR) is 62.4 cm³/mol. The second kappa shape index (κ2) is 5.47. The molecule has 0 bridgehead atoms. The molecule has 0 saturated heterocycles. The quantitative estimate of drug-likeness (QED) is 0.832. The first-order chi connectivity index (χ1) is 7.00. The lowest BCUT2D eigenvalue weighted by atomic mass is 9.98. The molecule has 0 aliphatic rings. The number of hydrogen-bond acceptors (Lipinski definition) is 1. The highest BCUT2D eigenvalue weighted by Gasteiger charge is 2.09. The Bertz CT molecular complexity index is 325. The molecule has 1 atom stereocenters. The van der Waals surface area contributed by atoms with E-state index >= 15 is 0 Å². The Balaban J connectivity index is 2.65. The molecule has 2 N–H and O–H groups in total. The van der Waals surface area contributed by atoms with Gasteiger partial charge in [-0.15, -0.1) is 0 Å². The monoisotopic (exact) mass is 229 g/mol. The Morgan fingerprint density at radius 1 is 1.33 bits per heavy atom. The molecule has 0 radical (unpaired) electrons. The van der Waals surface area contributed by atoms with Gasteiger partial charge in [0.25, 0.3) is 0 Å². The highest BCUT2D eigenvalue weighted by atomic mass is 35.5. The van der Waals surface area contributed by atoms with Crippen LogP contribution in [0.2, 0.25) is 5.02 Å². The van der Waals surface area contributed by atoms with E-state index in [0.29, 0.717) is 5.92 Å². The van der Waals surface area contributed by atoms with Gasteiger partial charge in [-0.3, -0.25) is 0 Å². The van der Waals surface area contributed by atoms with Crippen LogP contribution < -0.4 is 5.73 Å². The Morgan fingerprint density at radius 3 is 2.53 bits per heavy atom. The Labute approximate surface area is 95.4 Å². The molecule has 1 nitrogen and oxygen atoms in total. The average molecular weight is 230 g/mol. The van der Waals surface area contributed by atoms with E-state index in [9.17, 15) is 4.39 Å². The SMILES string of the molecule is CC(C)CC[C@@H](N)c1ccc(Cl)c(F)c1. The molecule has 0 spiro atoms. The topological polar surface area (TPSA) is 26.0 Å². The van der Waals surface area contributed by atoms with E-state index < -0.39 is 5.82 Å². The first-order valence-electron chi connectivity index (χ1n) is 5.21. The lowest BCUT2D eigenvalue weighted by Gasteiger charge is -2.13. The molecule has 0 fully saturated rings. The molecule has 1 aromatic carbocycles. The van der Waals surface area contributed by atoms with Crippen molar-refractivity contribution < 1.29 is 4.39 Å². The summed E-state index contributed by atoms with van der Waals surface area (Å²) in [7, 11) is 0. The highest BCUT2D eigenvalue weighted by Crippen LogP contribution is 2.22. The predicted octanol–water partition coefficient (Wildman–Crippen LogP) is 3.92. The Hall–Kier alpha value is -0.600. The molecule has 0 heterocycles. The number of hydrogen-bond donors (Lipinski definition) is 1. The molecule has 0 aliphatic carbocycles. The molecule has 0 aromatic heterocycles. The molecule has 3 heteroatoms. The molecule has 0 aliphatic heterocycles. The van der Waals surface area contributed by atoms with Crippen LogP contribution in [0.25, 0.3) is 0 Å². The van der Waals surface area contributed by atoms with Crippen LogP contribution in [0.5, 0.6) is 0 Å². The van der Waals surface area contributed by atoms with E-state index in [4.69, 9.17) is 17.3 Å². The summed E-state index contributed by atoms with van der Waals surface area (Å²) in [4.78, 5) is 0. The lowest BCUT2D eigenvalue weighted by molar-refractivity contribution is 0.505. The molecule has 15 heavy (non-hydrogen) atoms. The average Bonchev–Trinajstić information content (AvgIpc) is 2.18. The van der Waals surface area contributed by atoms with Crippen LogP contribution in [-0.4, -0.2) is 0 Å². The van der Waals surface area contributed by atoms with Crippen molar-refractivity contribution in [2.24, 2.45) is 11.7 Å². The van der Waals surface area contributed by atoms with E-state index in [1.807, 2.05) is 0 Å². The van der Waals surface area contributed by atoms with Crippen LogP contribution in [-0.2, 0) is 0 Å². The van der Waals surface area contributed by atoms with Gasteiger partial charge < -0.3 is 5.73 Å². The smallest absolute Gasteiger partial charge is 0.142 e. The molecular weight excluding hydrogens is 213 g/mol. The summed E-state index contributed by atoms with van der Waals surface area (Å²) in [5.74, 6) is 0.224. The maximum atomic E-state index is 13.2. The molecular formula is C12H17ClFN. The first kappa shape index (κ1) is 12.5. The zero-order valence-corrected chi connectivity index (χ0v) is 9.89. The normalized spacial score (nSPS) is 13.2. The van der Waals surface area contributed by atoms with Crippen molar-refractivity contribution >= 4 is 11.6 Å². The van der Waals surface area contributed by atoms with Crippen LogP contribution in [0.1, 0.15) is 38.3 Å². The van der Waals surface area contributed by atoms with Crippen LogP contribution in [0.3, 0.4) is 0 Å². The van der Waals surface area contributed by atoms with Crippen molar-refractivity contribution in [1.82, 2.24) is 0 Å². The third kappa shape index (κ3) is 3.80. The summed E-state index contributed by atoms with van der Waals surface area (Å²) >= 11 is 5.60. The minimum absolute atomic E-state index is 0.0980. The minimum atomic E-state index is -0.394. The van der Waals surface area contributed by atoms with Crippen LogP contribution >= 0.6 is 11.6 Å². The fraction of sp³-hybridized carbons (Fsp3) is 0.500. The second-order valence-corrected chi connectivity index (χ2v) is 4.66. The summed E-state index contributed by atoms with van der Waals surface area (Å²) in [5.41, 5.74) is 6.77. The van der Waals surface area contributed by atoms with Crippen molar-refractivity contribution in [3.8, 4) is 0 Å². The molecule has 0 saturated carbocycles. The largest absolute Gasteiger partial charge is 0.324 e. The van der Waals surface area contributed by atoms with Crippen LogP contribution in [0.4, 0.5) is 4.39 Å². The standard InChI is InChI=1S/C12H17ClFN/c1-8(2)3-6-12(15)9-4-5-10(13)11(14)7-9/h4-5,7-8,12H,3,6,15H2,1-2H3/t12-/m1/s1. The lowest BCUT2D eigenvalue weighted by Crippen LogP contribution is -2.11. The van der Waals surface area contributed by atoms with Gasteiger partial charge in [-0.1, -0.05) is 31.5 Å². The van der Waals surface area contributed by atoms with Gasteiger partial charge in [-0.05, 0) is 36.5 Å². The van der Waals surface area contributed by atoms with Gasteiger partial charge in [0.05, 0.1) is 5.02 Å². The van der Waals surface area contributed by atoms with E-state index in [2.05, 4.69) is 13.8 Å². The molecule has 0 amide bonds. The number of rotatable bonds is 4. The van der Waals surface area contributed by atoms with E-state index in [1.54, 1.807) is 12.1 Å². The van der Waals surface area contributed by atoms with Crippen molar-refractivity contribution in [3.63, 3.8) is 0 Å². The van der Waals surface area contributed by atoms with Gasteiger partial charge in [0.1, 0.15) is 5.82 Å². The minimum Gasteiger partial charge on any atom is -0.324 e. The third-order valence-corrected chi connectivity index (χ3v) is 2.73. The fourth-order valence-electron chi connectivity index (χ4n) is 1.42. The van der Waals surface area contributed by atoms with Crippen molar-refractivity contribution in [2.75, 3.05) is 0 Å². The van der Waals surface area contributed by atoms with Crippen molar-refractivity contribution in [3.05, 3.63) is 34.6 Å². The van der Waals surface area contributed by atoms with Gasteiger partial charge in [-0.25, -0.2) is 4.39 Å². The summed E-state index contributed by atoms with van der Waals surface area (Å²) in [6.45, 7) is 4.30. The van der Waals surface area contributed by atoms with E-state index in [1.165, 1.54) is 6.07 Å². The summed E-state index contributed by atoms with van der Waals surface area (Å²) in [6, 6.07) is 4.67. The summed E-state index contributed by atoms with van der Waals surface area (Å²) in [6.07, 6.45) is 1.92. The highest BCUT2D eigenvalue weighted by molar-refractivity contribution is 6.30. The van der Waals surface area contributed by atoms with E-state index in [0.717, 1.165) is 18.4 Å². The Morgan fingerprint density at radius 2 is 2.00 bits per heavy atom. The van der Waals surface area contributed by atoms with Gasteiger partial charge >= 0.3 is 0 Å². The van der Waals surface area contributed by atoms with E-state index in [-0.39, 0.29) is 11.1 Å². The fourth-order valence-corrected chi connectivity index (χ4v) is 1.54. The van der Waals surface area contributed by atoms with Gasteiger partial charge in [0.2, 0.25) is 0 Å². The zero-order valence-electron chi connectivity index (χ0n) is 9.13. The summed E-state index contributed by atoms with van der Waals surface area (Å²) < 4.78 is 13.2. The van der Waals surface area contributed by atoms with Gasteiger partial charge in [-0.2, -0.15) is 0 Å². The molecule has 1 aromatic rings. The van der Waals surface area contributed by atoms with Crippen molar-refractivity contribution in [1.29, 1.82) is 0 Å². The number of halogens is 2. The maximum Gasteiger partial charge on any atom is 0.142 e. The van der Waals surface area contributed by atoms with Crippen molar-refractivity contribution in [2.45, 2.75) is 32.7 Å². The van der Waals surface area contributed by atoms with Crippen LogP contribution in [0.15, 0.2) is 18.2 Å². The molecule has 84 valence electrons.